The molecule has 6 rings (SSSR count). The fourth-order valence-electron chi connectivity index (χ4n) is 4.65. The Balaban J connectivity index is 1.48. The molecule has 0 fully saturated rings. The molecule has 10 heteroatoms. The summed E-state index contributed by atoms with van der Waals surface area (Å²) in [5.41, 5.74) is 6.84. The summed E-state index contributed by atoms with van der Waals surface area (Å²) in [5, 5.41) is 4.44. The Morgan fingerprint density at radius 2 is 2.05 bits per heavy atom. The number of nitrogens with one attached hydrogen (secondary N) is 1. The van der Waals surface area contributed by atoms with E-state index in [0.29, 0.717) is 47.8 Å². The lowest BCUT2D eigenvalue weighted by Gasteiger charge is -2.15. The van der Waals surface area contributed by atoms with Crippen molar-refractivity contribution in [2.45, 2.75) is 27.0 Å². The number of halogens is 1. The van der Waals surface area contributed by atoms with Gasteiger partial charge in [-0.1, -0.05) is 47.1 Å². The number of pyridine rings is 1. The molecule has 0 saturated heterocycles. The van der Waals surface area contributed by atoms with Crippen LogP contribution in [0.15, 0.2) is 64.0 Å². The second-order valence-electron chi connectivity index (χ2n) is 8.60. The molecule has 0 aliphatic carbocycles. The summed E-state index contributed by atoms with van der Waals surface area (Å²) < 4.78 is 18.7. The number of hydrogen-bond donors (Lipinski definition) is 1. The average Bonchev–Trinajstić information content (AvgIpc) is 3.44. The largest absolute Gasteiger partial charge is 0.488 e. The minimum atomic E-state index is -0.602. The highest BCUT2D eigenvalue weighted by atomic mass is 35.5. The zero-order valence-corrected chi connectivity index (χ0v) is 20.9. The van der Waals surface area contributed by atoms with Crippen LogP contribution < -0.4 is 15.2 Å². The Hall–Kier alpha value is -4.37. The van der Waals surface area contributed by atoms with Crippen molar-refractivity contribution in [2.24, 2.45) is 0 Å². The van der Waals surface area contributed by atoms with Crippen molar-refractivity contribution in [1.82, 2.24) is 24.7 Å². The number of hydrogen-bond acceptors (Lipinski definition) is 7. The molecule has 186 valence electrons. The summed E-state index contributed by atoms with van der Waals surface area (Å²) in [7, 11) is 0. The van der Waals surface area contributed by atoms with Gasteiger partial charge in [-0.25, -0.2) is 9.78 Å². The van der Waals surface area contributed by atoms with Crippen LogP contribution in [-0.2, 0) is 13.2 Å². The van der Waals surface area contributed by atoms with Crippen molar-refractivity contribution in [2.75, 3.05) is 6.61 Å². The minimum Gasteiger partial charge on any atom is -0.488 e. The molecule has 0 radical (unpaired) electrons. The third-order valence-electron chi connectivity index (χ3n) is 6.31. The van der Waals surface area contributed by atoms with Gasteiger partial charge in [-0.3, -0.25) is 14.1 Å². The van der Waals surface area contributed by atoms with Gasteiger partial charge in [0.15, 0.2) is 11.5 Å². The SMILES string of the molecule is CCOc1nc2c(Cl)ccnc2n1Cc1ccc2c(c1)COc1ccccc1/C2=C(/C)c1noc(=O)[nH]1. The van der Waals surface area contributed by atoms with Gasteiger partial charge in [0.25, 0.3) is 6.01 Å². The van der Waals surface area contributed by atoms with Gasteiger partial charge in [-0.2, -0.15) is 4.98 Å². The van der Waals surface area contributed by atoms with E-state index in [1.54, 1.807) is 12.3 Å². The maximum absolute atomic E-state index is 11.7. The van der Waals surface area contributed by atoms with Crippen molar-refractivity contribution in [3.8, 4) is 11.8 Å². The van der Waals surface area contributed by atoms with Crippen molar-refractivity contribution in [3.63, 3.8) is 0 Å². The van der Waals surface area contributed by atoms with Crippen LogP contribution in [0.25, 0.3) is 22.3 Å². The van der Waals surface area contributed by atoms with Crippen molar-refractivity contribution < 1.29 is 14.0 Å². The molecule has 0 amide bonds. The second-order valence-corrected chi connectivity index (χ2v) is 9.01. The molecule has 1 N–H and O–H groups in total. The molecule has 3 aromatic heterocycles. The van der Waals surface area contributed by atoms with Gasteiger partial charge >= 0.3 is 5.76 Å². The van der Waals surface area contributed by atoms with Crippen LogP contribution in [0.4, 0.5) is 0 Å². The van der Waals surface area contributed by atoms with Crippen LogP contribution in [0.5, 0.6) is 11.8 Å². The molecule has 2 aromatic carbocycles. The van der Waals surface area contributed by atoms with E-state index < -0.39 is 5.76 Å². The Kier molecular flexibility index (Phi) is 5.77. The third-order valence-corrected chi connectivity index (χ3v) is 6.62. The van der Waals surface area contributed by atoms with Gasteiger partial charge in [0.2, 0.25) is 0 Å². The van der Waals surface area contributed by atoms with Crippen LogP contribution in [-0.4, -0.2) is 31.3 Å². The lowest BCUT2D eigenvalue weighted by molar-refractivity contribution is 0.300. The van der Waals surface area contributed by atoms with E-state index in [1.807, 2.05) is 42.7 Å². The first-order chi connectivity index (χ1) is 18.0. The fraction of sp³-hybridized carbons (Fsp3) is 0.185. The van der Waals surface area contributed by atoms with E-state index >= 15 is 0 Å². The summed E-state index contributed by atoms with van der Waals surface area (Å²) in [5.74, 6) is 0.523. The van der Waals surface area contributed by atoms with Crippen LogP contribution >= 0.6 is 11.6 Å². The maximum atomic E-state index is 11.7. The topological polar surface area (TPSA) is 108 Å². The number of aromatic nitrogens is 5. The number of allylic oxidation sites excluding steroid dienone is 1. The number of fused-ring (bicyclic) bond motifs is 3. The van der Waals surface area contributed by atoms with Gasteiger partial charge in [0, 0.05) is 17.3 Å². The highest BCUT2D eigenvalue weighted by Gasteiger charge is 2.24. The van der Waals surface area contributed by atoms with Crippen molar-refractivity contribution in [3.05, 3.63) is 98.4 Å². The molecule has 0 saturated carbocycles. The molecule has 0 spiro atoms. The van der Waals surface area contributed by atoms with Crippen LogP contribution in [0.1, 0.15) is 41.9 Å². The molecule has 9 nitrogen and oxygen atoms in total. The number of H-pyrrole nitrogens is 1. The van der Waals surface area contributed by atoms with E-state index in [0.717, 1.165) is 39.1 Å². The number of ether oxygens (including phenoxy) is 2. The molecule has 0 bridgehead atoms. The van der Waals surface area contributed by atoms with E-state index in [4.69, 9.17) is 25.6 Å². The number of imidazole rings is 1. The monoisotopic (exact) mass is 515 g/mol. The summed E-state index contributed by atoms with van der Waals surface area (Å²) in [4.78, 5) is 23.4. The van der Waals surface area contributed by atoms with Crippen molar-refractivity contribution in [1.29, 1.82) is 0 Å². The standard InChI is InChI=1S/C27H22ClN5O4/c1-3-35-26-30-23-20(28)10-11-29-25(23)33(26)13-16-8-9-18-17(12-16)14-36-21-7-5-4-6-19(21)22(18)15(2)24-31-27(34)37-32-24/h4-12H,3,13-14H2,1-2H3,(H,31,32,34)/b22-15-. The molecule has 0 atom stereocenters. The number of nitrogens with zero attached hydrogens (tertiary/aromatic N) is 4. The summed E-state index contributed by atoms with van der Waals surface area (Å²) in [6, 6.07) is 16.2. The molecule has 5 aromatic rings. The Morgan fingerprint density at radius 1 is 1.19 bits per heavy atom. The first-order valence-electron chi connectivity index (χ1n) is 11.8. The molecular weight excluding hydrogens is 494 g/mol. The average molecular weight is 516 g/mol. The molecule has 0 unspecified atom stereocenters. The van der Waals surface area contributed by atoms with E-state index in [2.05, 4.69) is 38.3 Å². The van der Waals surface area contributed by atoms with Crippen molar-refractivity contribution >= 4 is 33.9 Å². The predicted molar refractivity (Wildman–Crippen MR) is 139 cm³/mol. The van der Waals surface area contributed by atoms with Gasteiger partial charge in [-0.05, 0) is 54.3 Å². The van der Waals surface area contributed by atoms with Gasteiger partial charge in [0.05, 0.1) is 18.2 Å². The highest BCUT2D eigenvalue weighted by molar-refractivity contribution is 6.34. The first kappa shape index (κ1) is 23.1. The Labute approximate surface area is 216 Å². The lowest BCUT2D eigenvalue weighted by Crippen LogP contribution is -2.07. The van der Waals surface area contributed by atoms with E-state index in [9.17, 15) is 4.79 Å². The van der Waals surface area contributed by atoms with Gasteiger partial charge in [-0.15, -0.1) is 0 Å². The summed E-state index contributed by atoms with van der Waals surface area (Å²) in [6.07, 6.45) is 1.66. The number of para-hydroxylation sites is 1. The number of benzene rings is 2. The lowest BCUT2D eigenvalue weighted by atomic mass is 9.89. The Morgan fingerprint density at radius 3 is 2.86 bits per heavy atom. The second kappa shape index (κ2) is 9.25. The molecule has 37 heavy (non-hydrogen) atoms. The zero-order chi connectivity index (χ0) is 25.5. The fourth-order valence-corrected chi connectivity index (χ4v) is 4.84. The van der Waals surface area contributed by atoms with Gasteiger partial charge < -0.3 is 9.47 Å². The normalized spacial score (nSPS) is 14.0. The molecule has 1 aliphatic heterocycles. The highest BCUT2D eigenvalue weighted by Crippen LogP contribution is 2.40. The predicted octanol–water partition coefficient (Wildman–Crippen LogP) is 5.08. The van der Waals surface area contributed by atoms with Crippen LogP contribution in [0, 0.1) is 0 Å². The summed E-state index contributed by atoms with van der Waals surface area (Å²) >= 11 is 6.37. The minimum absolute atomic E-state index is 0.374. The van der Waals surface area contributed by atoms with Crippen LogP contribution in [0.2, 0.25) is 5.02 Å². The quantitative estimate of drug-likeness (QED) is 0.347. The third kappa shape index (κ3) is 4.07. The molecular formula is C27H22ClN5O4. The van der Waals surface area contributed by atoms with E-state index in [-0.39, 0.29) is 0 Å². The Bertz CT molecular complexity index is 1730. The first-order valence-corrected chi connectivity index (χ1v) is 12.2. The molecule has 4 heterocycles. The van der Waals surface area contributed by atoms with Crippen LogP contribution in [0.3, 0.4) is 0 Å². The molecule has 1 aliphatic rings. The summed E-state index contributed by atoms with van der Waals surface area (Å²) in [6.45, 7) is 5.14. The van der Waals surface area contributed by atoms with Gasteiger partial charge in [0.1, 0.15) is 17.9 Å². The number of aromatic amines is 1. The number of rotatable bonds is 5. The smallest absolute Gasteiger partial charge is 0.439 e. The maximum Gasteiger partial charge on any atom is 0.439 e. The zero-order valence-electron chi connectivity index (χ0n) is 20.1. The van der Waals surface area contributed by atoms with E-state index in [1.165, 1.54) is 0 Å².